The second-order valence-corrected chi connectivity index (χ2v) is 3.85. The molecule has 1 heterocycles. The number of hydrogen-bond acceptors (Lipinski definition) is 2. The predicted octanol–water partition coefficient (Wildman–Crippen LogP) is 1.14. The summed E-state index contributed by atoms with van der Waals surface area (Å²) in [4.78, 5) is 11.6. The molecule has 0 aromatic heterocycles. The van der Waals surface area contributed by atoms with Crippen molar-refractivity contribution in [2.75, 3.05) is 5.32 Å². The molecule has 74 valence electrons. The van der Waals surface area contributed by atoms with Gasteiger partial charge < -0.3 is 11.1 Å². The number of para-hydroxylation sites is 1. The summed E-state index contributed by atoms with van der Waals surface area (Å²) in [5.74, 6) is 0.112. The molecule has 0 fully saturated rings. The second kappa shape index (κ2) is 3.42. The van der Waals surface area contributed by atoms with Crippen LogP contribution < -0.4 is 11.1 Å². The van der Waals surface area contributed by atoms with E-state index in [2.05, 4.69) is 5.32 Å². The van der Waals surface area contributed by atoms with E-state index in [0.29, 0.717) is 0 Å². The average molecular weight is 190 g/mol. The van der Waals surface area contributed by atoms with Crippen molar-refractivity contribution in [2.24, 2.45) is 11.7 Å². The van der Waals surface area contributed by atoms with Crippen LogP contribution in [-0.4, -0.2) is 11.9 Å². The lowest BCUT2D eigenvalue weighted by Crippen LogP contribution is -2.39. The maximum Gasteiger partial charge on any atom is 0.241 e. The van der Waals surface area contributed by atoms with Crippen LogP contribution in [-0.2, 0) is 11.2 Å². The third kappa shape index (κ3) is 1.51. The van der Waals surface area contributed by atoms with Crippen molar-refractivity contribution in [1.82, 2.24) is 0 Å². The molecule has 2 rings (SSSR count). The first kappa shape index (κ1) is 9.21. The molecule has 3 N–H and O–H groups in total. The number of fused-ring (bicyclic) bond motifs is 1. The van der Waals surface area contributed by atoms with Gasteiger partial charge >= 0.3 is 0 Å². The Labute approximate surface area is 83.3 Å². The molecular formula is C11H14N2O. The first-order valence-electron chi connectivity index (χ1n) is 4.83. The van der Waals surface area contributed by atoms with E-state index in [4.69, 9.17) is 5.73 Å². The SMILES string of the molecule is CC1Cc2ccccc2NC(=O)C1N. The van der Waals surface area contributed by atoms with E-state index >= 15 is 0 Å². The fourth-order valence-corrected chi connectivity index (χ4v) is 1.77. The molecule has 1 aliphatic rings. The van der Waals surface area contributed by atoms with Gasteiger partial charge in [0.25, 0.3) is 0 Å². The highest BCUT2D eigenvalue weighted by atomic mass is 16.2. The normalized spacial score (nSPS) is 26.3. The third-order valence-corrected chi connectivity index (χ3v) is 2.73. The molecular weight excluding hydrogens is 176 g/mol. The molecule has 0 bridgehead atoms. The standard InChI is InChI=1S/C11H14N2O/c1-7-6-8-4-2-3-5-9(8)13-11(14)10(7)12/h2-5,7,10H,6,12H2,1H3,(H,13,14). The highest BCUT2D eigenvalue weighted by molar-refractivity contribution is 5.96. The zero-order chi connectivity index (χ0) is 10.1. The molecule has 14 heavy (non-hydrogen) atoms. The third-order valence-electron chi connectivity index (χ3n) is 2.73. The van der Waals surface area contributed by atoms with Gasteiger partial charge in [0.2, 0.25) is 5.91 Å². The monoisotopic (exact) mass is 190 g/mol. The zero-order valence-electron chi connectivity index (χ0n) is 8.16. The number of rotatable bonds is 0. The Morgan fingerprint density at radius 1 is 1.43 bits per heavy atom. The van der Waals surface area contributed by atoms with Crippen LogP contribution in [0.4, 0.5) is 5.69 Å². The van der Waals surface area contributed by atoms with Crippen LogP contribution >= 0.6 is 0 Å². The Balaban J connectivity index is 2.39. The first-order chi connectivity index (χ1) is 6.68. The molecule has 2 unspecified atom stereocenters. The lowest BCUT2D eigenvalue weighted by molar-refractivity contribution is -0.118. The molecule has 0 spiro atoms. The number of benzene rings is 1. The predicted molar refractivity (Wildman–Crippen MR) is 55.9 cm³/mol. The maximum atomic E-state index is 11.6. The Morgan fingerprint density at radius 3 is 2.93 bits per heavy atom. The molecule has 1 aliphatic heterocycles. The van der Waals surface area contributed by atoms with Crippen LogP contribution in [0.2, 0.25) is 0 Å². The molecule has 1 amide bonds. The number of amides is 1. The van der Waals surface area contributed by atoms with Gasteiger partial charge in [0, 0.05) is 5.69 Å². The number of carbonyl (C=O) groups excluding carboxylic acids is 1. The highest BCUT2D eigenvalue weighted by Gasteiger charge is 2.25. The summed E-state index contributed by atoms with van der Waals surface area (Å²) in [5, 5.41) is 2.84. The van der Waals surface area contributed by atoms with Gasteiger partial charge in [-0.15, -0.1) is 0 Å². The Morgan fingerprint density at radius 2 is 2.14 bits per heavy atom. The number of nitrogens with one attached hydrogen (secondary N) is 1. The molecule has 2 atom stereocenters. The summed E-state index contributed by atoms with van der Waals surface area (Å²) >= 11 is 0. The van der Waals surface area contributed by atoms with Crippen LogP contribution in [0.3, 0.4) is 0 Å². The van der Waals surface area contributed by atoms with E-state index in [0.717, 1.165) is 12.1 Å². The van der Waals surface area contributed by atoms with E-state index in [1.165, 1.54) is 5.56 Å². The van der Waals surface area contributed by atoms with Crippen LogP contribution in [0.1, 0.15) is 12.5 Å². The molecule has 1 aromatic rings. The van der Waals surface area contributed by atoms with Gasteiger partial charge in [-0.2, -0.15) is 0 Å². The van der Waals surface area contributed by atoms with Crippen LogP contribution in [0.25, 0.3) is 0 Å². The van der Waals surface area contributed by atoms with Crippen molar-refractivity contribution in [3.63, 3.8) is 0 Å². The topological polar surface area (TPSA) is 55.1 Å². The van der Waals surface area contributed by atoms with Crippen LogP contribution in [0.15, 0.2) is 24.3 Å². The summed E-state index contributed by atoms with van der Waals surface area (Å²) in [7, 11) is 0. The largest absolute Gasteiger partial charge is 0.324 e. The summed E-state index contributed by atoms with van der Waals surface area (Å²) < 4.78 is 0. The molecule has 1 aromatic carbocycles. The van der Waals surface area contributed by atoms with Crippen molar-refractivity contribution in [2.45, 2.75) is 19.4 Å². The van der Waals surface area contributed by atoms with Crippen molar-refractivity contribution in [3.05, 3.63) is 29.8 Å². The first-order valence-corrected chi connectivity index (χ1v) is 4.83. The molecule has 3 nitrogen and oxygen atoms in total. The lowest BCUT2D eigenvalue weighted by atomic mass is 9.95. The fraction of sp³-hybridized carbons (Fsp3) is 0.364. The van der Waals surface area contributed by atoms with E-state index in [-0.39, 0.29) is 11.8 Å². The van der Waals surface area contributed by atoms with Crippen LogP contribution in [0.5, 0.6) is 0 Å². The number of nitrogens with two attached hydrogens (primary N) is 1. The Hall–Kier alpha value is -1.35. The minimum atomic E-state index is -0.401. The van der Waals surface area contributed by atoms with Gasteiger partial charge in [-0.3, -0.25) is 4.79 Å². The Bertz CT molecular complexity index is 362. The summed E-state index contributed by atoms with van der Waals surface area (Å²) in [6.07, 6.45) is 0.857. The van der Waals surface area contributed by atoms with Crippen molar-refractivity contribution >= 4 is 11.6 Å². The number of anilines is 1. The number of hydrogen-bond donors (Lipinski definition) is 2. The average Bonchev–Trinajstić information content (AvgIpc) is 2.28. The van der Waals surface area contributed by atoms with Crippen molar-refractivity contribution < 1.29 is 4.79 Å². The maximum absolute atomic E-state index is 11.6. The minimum absolute atomic E-state index is 0.0811. The summed E-state index contributed by atoms with van der Waals surface area (Å²) in [6.45, 7) is 2.01. The second-order valence-electron chi connectivity index (χ2n) is 3.85. The molecule has 0 saturated carbocycles. The van der Waals surface area contributed by atoms with Gasteiger partial charge in [-0.05, 0) is 24.0 Å². The summed E-state index contributed by atoms with van der Waals surface area (Å²) in [5.41, 5.74) is 7.86. The van der Waals surface area contributed by atoms with E-state index < -0.39 is 6.04 Å². The van der Waals surface area contributed by atoms with Gasteiger partial charge in [-0.25, -0.2) is 0 Å². The van der Waals surface area contributed by atoms with Crippen molar-refractivity contribution in [3.8, 4) is 0 Å². The van der Waals surface area contributed by atoms with Gasteiger partial charge in [0.1, 0.15) is 0 Å². The Kier molecular flexibility index (Phi) is 2.25. The van der Waals surface area contributed by atoms with E-state index in [1.54, 1.807) is 0 Å². The molecule has 0 aliphatic carbocycles. The van der Waals surface area contributed by atoms with Gasteiger partial charge in [0.05, 0.1) is 6.04 Å². The molecule has 0 radical (unpaired) electrons. The molecule has 3 heteroatoms. The number of carbonyl (C=O) groups is 1. The van der Waals surface area contributed by atoms with E-state index in [1.807, 2.05) is 31.2 Å². The smallest absolute Gasteiger partial charge is 0.241 e. The van der Waals surface area contributed by atoms with Gasteiger partial charge in [-0.1, -0.05) is 25.1 Å². The quantitative estimate of drug-likeness (QED) is 0.644. The fourth-order valence-electron chi connectivity index (χ4n) is 1.77. The zero-order valence-corrected chi connectivity index (χ0v) is 8.16. The highest BCUT2D eigenvalue weighted by Crippen LogP contribution is 2.23. The lowest BCUT2D eigenvalue weighted by Gasteiger charge is -2.13. The van der Waals surface area contributed by atoms with Crippen molar-refractivity contribution in [1.29, 1.82) is 0 Å². The minimum Gasteiger partial charge on any atom is -0.324 e. The molecule has 0 saturated heterocycles. The van der Waals surface area contributed by atoms with Crippen LogP contribution in [0, 0.1) is 5.92 Å². The van der Waals surface area contributed by atoms with Gasteiger partial charge in [0.15, 0.2) is 0 Å². The van der Waals surface area contributed by atoms with E-state index in [9.17, 15) is 4.79 Å². The summed E-state index contributed by atoms with van der Waals surface area (Å²) in [6, 6.07) is 7.44.